The van der Waals surface area contributed by atoms with E-state index in [1.54, 1.807) is 22.7 Å². The van der Waals surface area contributed by atoms with Gasteiger partial charge >= 0.3 is 0 Å². The molecule has 0 aromatic carbocycles. The Labute approximate surface area is 76.5 Å². The van der Waals surface area contributed by atoms with Crippen LogP contribution in [0.25, 0.3) is 19.6 Å². The first-order valence-corrected chi connectivity index (χ1v) is 5.13. The van der Waals surface area contributed by atoms with Gasteiger partial charge in [0.15, 0.2) is 6.33 Å². The molecule has 0 bridgehead atoms. The van der Waals surface area contributed by atoms with E-state index in [1.165, 1.54) is 9.40 Å². The van der Waals surface area contributed by atoms with Gasteiger partial charge < -0.3 is 0 Å². The Bertz CT molecular complexity index is 537. The molecule has 0 aliphatic rings. The molecule has 0 saturated heterocycles. The summed E-state index contributed by atoms with van der Waals surface area (Å²) in [6.07, 6.45) is 4.43. The summed E-state index contributed by atoms with van der Waals surface area (Å²) in [7, 11) is 0. The lowest BCUT2D eigenvalue weighted by molar-refractivity contribution is 1.21. The van der Waals surface area contributed by atoms with Crippen LogP contribution < -0.4 is 0 Å². The Balaban J connectivity index is 2.68. The SMILES string of the molecule is [c]1ncc2c(n1)sc1sccc12. The third-order valence-electron chi connectivity index (χ3n) is 1.74. The zero-order valence-corrected chi connectivity index (χ0v) is 7.58. The molecule has 4 heteroatoms. The zero-order chi connectivity index (χ0) is 7.97. The fourth-order valence-corrected chi connectivity index (χ4v) is 3.26. The predicted octanol–water partition coefficient (Wildman–Crippen LogP) is 2.71. The van der Waals surface area contributed by atoms with Gasteiger partial charge in [-0.15, -0.1) is 22.7 Å². The highest BCUT2D eigenvalue weighted by Crippen LogP contribution is 2.35. The van der Waals surface area contributed by atoms with Crippen molar-refractivity contribution < 1.29 is 0 Å². The highest BCUT2D eigenvalue weighted by molar-refractivity contribution is 7.40. The lowest BCUT2D eigenvalue weighted by Gasteiger charge is -1.82. The third-order valence-corrected chi connectivity index (χ3v) is 3.90. The van der Waals surface area contributed by atoms with Crippen molar-refractivity contribution in [2.45, 2.75) is 0 Å². The lowest BCUT2D eigenvalue weighted by Crippen LogP contribution is -1.73. The van der Waals surface area contributed by atoms with Gasteiger partial charge in [-0.25, -0.2) is 9.97 Å². The Morgan fingerprint density at radius 3 is 3.33 bits per heavy atom. The number of aromatic nitrogens is 2. The van der Waals surface area contributed by atoms with Crippen molar-refractivity contribution in [1.29, 1.82) is 0 Å². The minimum atomic E-state index is 1.03. The monoisotopic (exact) mass is 191 g/mol. The quantitative estimate of drug-likeness (QED) is 0.546. The van der Waals surface area contributed by atoms with E-state index in [9.17, 15) is 0 Å². The second-order valence-corrected chi connectivity index (χ2v) is 4.59. The van der Waals surface area contributed by atoms with E-state index in [4.69, 9.17) is 0 Å². The molecule has 3 aromatic heterocycles. The summed E-state index contributed by atoms with van der Waals surface area (Å²) < 4.78 is 1.32. The minimum absolute atomic E-state index is 1.03. The van der Waals surface area contributed by atoms with E-state index in [2.05, 4.69) is 27.7 Å². The van der Waals surface area contributed by atoms with Gasteiger partial charge in [-0.2, -0.15) is 0 Å². The molecule has 2 nitrogen and oxygen atoms in total. The average Bonchev–Trinajstić information content (AvgIpc) is 2.62. The maximum atomic E-state index is 4.08. The van der Waals surface area contributed by atoms with Crippen LogP contribution in [0.15, 0.2) is 17.6 Å². The molecule has 0 fully saturated rings. The number of rotatable bonds is 0. The van der Waals surface area contributed by atoms with Gasteiger partial charge in [0.2, 0.25) is 0 Å². The van der Waals surface area contributed by atoms with Gasteiger partial charge in [0.05, 0.1) is 4.01 Å². The molecule has 0 aliphatic carbocycles. The van der Waals surface area contributed by atoms with E-state index >= 15 is 0 Å². The third kappa shape index (κ3) is 0.735. The highest BCUT2D eigenvalue weighted by atomic mass is 32.2. The molecule has 3 heterocycles. The summed E-state index contributed by atoms with van der Waals surface area (Å²) >= 11 is 3.45. The molecule has 57 valence electrons. The van der Waals surface area contributed by atoms with Crippen LogP contribution in [0.4, 0.5) is 0 Å². The normalized spacial score (nSPS) is 11.3. The fourth-order valence-electron chi connectivity index (χ4n) is 1.21. The van der Waals surface area contributed by atoms with Gasteiger partial charge in [-0.05, 0) is 11.4 Å². The molecular weight excluding hydrogens is 188 g/mol. The highest BCUT2D eigenvalue weighted by Gasteiger charge is 2.05. The van der Waals surface area contributed by atoms with Crippen LogP contribution in [0.2, 0.25) is 0 Å². The molecule has 0 aliphatic heterocycles. The van der Waals surface area contributed by atoms with Crippen molar-refractivity contribution in [1.82, 2.24) is 9.97 Å². The van der Waals surface area contributed by atoms with Crippen LogP contribution in [0, 0.1) is 6.33 Å². The van der Waals surface area contributed by atoms with Crippen molar-refractivity contribution in [3.05, 3.63) is 24.0 Å². The summed E-state index contributed by atoms with van der Waals surface area (Å²) in [5, 5.41) is 4.51. The molecule has 1 radical (unpaired) electrons. The molecule has 0 unspecified atom stereocenters. The van der Waals surface area contributed by atoms with Crippen LogP contribution in [0.1, 0.15) is 0 Å². The molecule has 0 saturated carbocycles. The first kappa shape index (κ1) is 6.51. The van der Waals surface area contributed by atoms with Gasteiger partial charge in [-0.3, -0.25) is 0 Å². The zero-order valence-electron chi connectivity index (χ0n) is 5.94. The molecule has 0 atom stereocenters. The summed E-state index contributed by atoms with van der Waals surface area (Å²) in [5.41, 5.74) is 0. The fraction of sp³-hybridized carbons (Fsp3) is 0. The molecular formula is C8H3N2S2. The van der Waals surface area contributed by atoms with E-state index in [0.29, 0.717) is 0 Å². The van der Waals surface area contributed by atoms with E-state index in [0.717, 1.165) is 10.2 Å². The molecule has 0 amide bonds. The molecule has 0 N–H and O–H groups in total. The lowest BCUT2D eigenvalue weighted by atomic mass is 10.3. The molecule has 0 spiro atoms. The van der Waals surface area contributed by atoms with Crippen LogP contribution in [-0.2, 0) is 0 Å². The minimum Gasteiger partial charge on any atom is -0.233 e. The van der Waals surface area contributed by atoms with Gasteiger partial charge in [0, 0.05) is 17.0 Å². The van der Waals surface area contributed by atoms with Crippen molar-refractivity contribution in [2.24, 2.45) is 0 Å². The van der Waals surface area contributed by atoms with Gasteiger partial charge in [0.1, 0.15) is 4.83 Å². The van der Waals surface area contributed by atoms with Crippen molar-refractivity contribution in [3.8, 4) is 0 Å². The Hall–Kier alpha value is -1.00. The molecule has 12 heavy (non-hydrogen) atoms. The number of fused-ring (bicyclic) bond motifs is 3. The van der Waals surface area contributed by atoms with Crippen molar-refractivity contribution in [3.63, 3.8) is 0 Å². The average molecular weight is 191 g/mol. The maximum absolute atomic E-state index is 4.08. The molecule has 3 rings (SSSR count). The summed E-state index contributed by atoms with van der Waals surface area (Å²) in [6, 6.07) is 2.11. The first-order chi connectivity index (χ1) is 5.95. The van der Waals surface area contributed by atoms with Crippen LogP contribution in [0.3, 0.4) is 0 Å². The van der Waals surface area contributed by atoms with E-state index < -0.39 is 0 Å². The number of nitrogens with zero attached hydrogens (tertiary/aromatic N) is 2. The summed E-state index contributed by atoms with van der Waals surface area (Å²) in [4.78, 5) is 9.00. The van der Waals surface area contributed by atoms with E-state index in [-0.39, 0.29) is 0 Å². The second-order valence-electron chi connectivity index (χ2n) is 2.41. The summed E-state index contributed by atoms with van der Waals surface area (Å²) in [6.45, 7) is 0. The van der Waals surface area contributed by atoms with E-state index in [1.807, 2.05) is 6.20 Å². The summed E-state index contributed by atoms with van der Waals surface area (Å²) in [5.74, 6) is 0. The first-order valence-electron chi connectivity index (χ1n) is 3.44. The van der Waals surface area contributed by atoms with Gasteiger partial charge in [0.25, 0.3) is 0 Å². The number of hydrogen-bond donors (Lipinski definition) is 0. The van der Waals surface area contributed by atoms with Crippen LogP contribution in [-0.4, -0.2) is 9.97 Å². The largest absolute Gasteiger partial charge is 0.233 e. The van der Waals surface area contributed by atoms with Crippen molar-refractivity contribution in [2.75, 3.05) is 0 Å². The standard InChI is InChI=1S/C8H3N2S2/c1-2-11-8-5(1)6-3-9-4-10-7(6)12-8/h1-3H. The van der Waals surface area contributed by atoms with Crippen LogP contribution >= 0.6 is 22.7 Å². The molecule has 3 aromatic rings. The van der Waals surface area contributed by atoms with Crippen LogP contribution in [0.5, 0.6) is 0 Å². The Morgan fingerprint density at radius 1 is 1.33 bits per heavy atom. The Morgan fingerprint density at radius 2 is 2.33 bits per heavy atom. The maximum Gasteiger partial charge on any atom is 0.199 e. The topological polar surface area (TPSA) is 25.8 Å². The number of thiophene rings is 2. The van der Waals surface area contributed by atoms with Crippen molar-refractivity contribution >= 4 is 42.3 Å². The number of hydrogen-bond acceptors (Lipinski definition) is 4. The second kappa shape index (κ2) is 2.24. The van der Waals surface area contributed by atoms with Gasteiger partial charge in [-0.1, -0.05) is 0 Å². The smallest absolute Gasteiger partial charge is 0.199 e. The predicted molar refractivity (Wildman–Crippen MR) is 51.6 cm³/mol. The Kier molecular flexibility index (Phi) is 1.22.